The minimum absolute atomic E-state index is 0.0182. The first kappa shape index (κ1) is 19.7. The van der Waals surface area contributed by atoms with E-state index in [-0.39, 0.29) is 18.4 Å². The molecule has 0 bridgehead atoms. The molecular weight excluding hydrogens is 358 g/mol. The van der Waals surface area contributed by atoms with Gasteiger partial charge in [-0.15, -0.1) is 0 Å². The lowest BCUT2D eigenvalue weighted by atomic mass is 10.1. The fraction of sp³-hybridized carbons (Fsp3) is 0.333. The van der Waals surface area contributed by atoms with Gasteiger partial charge in [0.25, 0.3) is 0 Å². The van der Waals surface area contributed by atoms with E-state index in [4.69, 9.17) is 9.47 Å². The average molecular weight is 383 g/mol. The third-order valence-electron chi connectivity index (χ3n) is 4.94. The average Bonchev–Trinajstić information content (AvgIpc) is 2.71. The van der Waals surface area contributed by atoms with E-state index in [9.17, 15) is 9.59 Å². The number of para-hydroxylation sites is 2. The van der Waals surface area contributed by atoms with Gasteiger partial charge >= 0.3 is 0 Å². The number of anilines is 2. The first-order valence-corrected chi connectivity index (χ1v) is 9.06. The summed E-state index contributed by atoms with van der Waals surface area (Å²) in [6.07, 6.45) is 0. The Balaban J connectivity index is 1.76. The van der Waals surface area contributed by atoms with E-state index in [2.05, 4.69) is 5.32 Å². The van der Waals surface area contributed by atoms with Gasteiger partial charge < -0.3 is 14.8 Å². The van der Waals surface area contributed by atoms with E-state index < -0.39 is 6.04 Å². The van der Waals surface area contributed by atoms with Gasteiger partial charge in [0.05, 0.1) is 31.6 Å². The van der Waals surface area contributed by atoms with Crippen molar-refractivity contribution in [3.05, 3.63) is 48.0 Å². The Kier molecular flexibility index (Phi) is 5.84. The predicted molar refractivity (Wildman–Crippen MR) is 108 cm³/mol. The summed E-state index contributed by atoms with van der Waals surface area (Å²) in [6, 6.07) is 12.6. The molecule has 0 aromatic heterocycles. The second kappa shape index (κ2) is 8.31. The number of methoxy groups -OCH3 is 2. The molecule has 0 saturated carbocycles. The van der Waals surface area contributed by atoms with Crippen molar-refractivity contribution in [2.45, 2.75) is 19.5 Å². The molecule has 0 fully saturated rings. The molecule has 0 unspecified atom stereocenters. The number of ether oxygens (including phenoxy) is 2. The van der Waals surface area contributed by atoms with Gasteiger partial charge in [0.2, 0.25) is 11.8 Å². The van der Waals surface area contributed by atoms with Crippen LogP contribution in [0.25, 0.3) is 0 Å². The molecule has 3 rings (SSSR count). The minimum Gasteiger partial charge on any atom is -0.493 e. The van der Waals surface area contributed by atoms with Gasteiger partial charge in [0, 0.05) is 6.54 Å². The van der Waals surface area contributed by atoms with Crippen LogP contribution in [-0.4, -0.2) is 50.6 Å². The fourth-order valence-electron chi connectivity index (χ4n) is 3.25. The number of benzene rings is 2. The number of rotatable bonds is 6. The van der Waals surface area contributed by atoms with Crippen LogP contribution in [0.4, 0.5) is 11.4 Å². The van der Waals surface area contributed by atoms with Crippen LogP contribution in [0, 0.1) is 0 Å². The monoisotopic (exact) mass is 383 g/mol. The highest BCUT2D eigenvalue weighted by atomic mass is 16.5. The van der Waals surface area contributed by atoms with Crippen molar-refractivity contribution in [2.75, 3.05) is 38.0 Å². The molecule has 1 N–H and O–H groups in total. The highest BCUT2D eigenvalue weighted by Gasteiger charge is 2.31. The number of nitrogens with one attached hydrogen (secondary N) is 1. The Morgan fingerprint density at radius 3 is 2.61 bits per heavy atom. The summed E-state index contributed by atoms with van der Waals surface area (Å²) in [5, 5.41) is 2.80. The summed E-state index contributed by atoms with van der Waals surface area (Å²) >= 11 is 0. The van der Waals surface area contributed by atoms with E-state index in [0.29, 0.717) is 23.7 Å². The first-order valence-electron chi connectivity index (χ1n) is 9.06. The maximum atomic E-state index is 13.1. The molecular formula is C21H25N3O4. The van der Waals surface area contributed by atoms with Crippen LogP contribution in [0.15, 0.2) is 42.5 Å². The van der Waals surface area contributed by atoms with Gasteiger partial charge in [0.1, 0.15) is 6.54 Å². The van der Waals surface area contributed by atoms with Crippen LogP contribution in [0.3, 0.4) is 0 Å². The zero-order chi connectivity index (χ0) is 20.3. The van der Waals surface area contributed by atoms with Crippen molar-refractivity contribution >= 4 is 23.2 Å². The molecule has 1 aliphatic heterocycles. The Labute approximate surface area is 164 Å². The third-order valence-corrected chi connectivity index (χ3v) is 4.94. The Morgan fingerprint density at radius 2 is 1.89 bits per heavy atom. The Morgan fingerprint density at radius 1 is 1.18 bits per heavy atom. The largest absolute Gasteiger partial charge is 0.493 e. The van der Waals surface area contributed by atoms with Gasteiger partial charge in [0.15, 0.2) is 11.5 Å². The van der Waals surface area contributed by atoms with Gasteiger partial charge in [-0.05, 0) is 43.8 Å². The van der Waals surface area contributed by atoms with E-state index in [1.165, 1.54) is 0 Å². The summed E-state index contributed by atoms with van der Waals surface area (Å²) in [4.78, 5) is 28.6. The predicted octanol–water partition coefficient (Wildman–Crippen LogP) is 2.51. The molecule has 1 heterocycles. The number of nitrogens with zero attached hydrogens (tertiary/aromatic N) is 2. The molecule has 0 radical (unpaired) electrons. The standard InChI is InChI=1S/C21H25N3O4/c1-14(23(2)12-15-9-10-18(27-3)19(11-15)28-4)21(26)24-13-20(25)22-16-7-5-6-8-17(16)24/h5-11,14H,12-13H2,1-4H3,(H,22,25)/t14-/m0/s1. The van der Waals surface area contributed by atoms with Crippen LogP contribution >= 0.6 is 0 Å². The number of likely N-dealkylation sites (N-methyl/N-ethyl adjacent to an activating group) is 1. The highest BCUT2D eigenvalue weighted by molar-refractivity contribution is 6.11. The van der Waals surface area contributed by atoms with Crippen molar-refractivity contribution in [3.8, 4) is 11.5 Å². The van der Waals surface area contributed by atoms with E-state index in [0.717, 1.165) is 11.3 Å². The van der Waals surface area contributed by atoms with Crippen molar-refractivity contribution in [1.82, 2.24) is 4.90 Å². The zero-order valence-electron chi connectivity index (χ0n) is 16.6. The molecule has 2 amide bonds. The normalized spacial score (nSPS) is 14.3. The summed E-state index contributed by atoms with van der Waals surface area (Å²) in [7, 11) is 5.07. The van der Waals surface area contributed by atoms with Crippen molar-refractivity contribution in [1.29, 1.82) is 0 Å². The Hall–Kier alpha value is -3.06. The molecule has 0 saturated heterocycles. The SMILES string of the molecule is COc1ccc(CN(C)[C@@H](C)C(=O)N2CC(=O)Nc3ccccc32)cc1OC. The molecule has 7 heteroatoms. The number of carbonyl (C=O) groups is 2. The molecule has 1 aliphatic rings. The van der Waals surface area contributed by atoms with Gasteiger partial charge in [-0.1, -0.05) is 18.2 Å². The topological polar surface area (TPSA) is 71.1 Å². The fourth-order valence-corrected chi connectivity index (χ4v) is 3.25. The minimum atomic E-state index is -0.410. The lowest BCUT2D eigenvalue weighted by molar-refractivity contribution is -0.125. The number of hydrogen-bond acceptors (Lipinski definition) is 5. The molecule has 28 heavy (non-hydrogen) atoms. The van der Waals surface area contributed by atoms with Crippen LogP contribution in [0.1, 0.15) is 12.5 Å². The second-order valence-electron chi connectivity index (χ2n) is 6.77. The number of hydrogen-bond donors (Lipinski definition) is 1. The van der Waals surface area contributed by atoms with E-state index in [1.807, 2.05) is 55.3 Å². The van der Waals surface area contributed by atoms with Crippen LogP contribution in [0.2, 0.25) is 0 Å². The second-order valence-corrected chi connectivity index (χ2v) is 6.77. The first-order chi connectivity index (χ1) is 13.4. The van der Waals surface area contributed by atoms with E-state index in [1.54, 1.807) is 25.2 Å². The molecule has 1 atom stereocenters. The lowest BCUT2D eigenvalue weighted by Gasteiger charge is -2.33. The highest BCUT2D eigenvalue weighted by Crippen LogP contribution is 2.30. The van der Waals surface area contributed by atoms with Gasteiger partial charge in [-0.3, -0.25) is 19.4 Å². The molecule has 0 spiro atoms. The number of carbonyl (C=O) groups excluding carboxylic acids is 2. The number of fused-ring (bicyclic) bond motifs is 1. The third kappa shape index (κ3) is 3.94. The number of amides is 2. The summed E-state index contributed by atoms with van der Waals surface area (Å²) in [5.74, 6) is 0.995. The summed E-state index contributed by atoms with van der Waals surface area (Å²) < 4.78 is 10.6. The van der Waals surface area contributed by atoms with E-state index >= 15 is 0 Å². The molecule has 148 valence electrons. The summed E-state index contributed by atoms with van der Waals surface area (Å²) in [5.41, 5.74) is 2.37. The van der Waals surface area contributed by atoms with Crippen LogP contribution in [-0.2, 0) is 16.1 Å². The van der Waals surface area contributed by atoms with Crippen molar-refractivity contribution < 1.29 is 19.1 Å². The quantitative estimate of drug-likeness (QED) is 0.830. The molecule has 0 aliphatic carbocycles. The van der Waals surface area contributed by atoms with Crippen molar-refractivity contribution in [2.24, 2.45) is 0 Å². The smallest absolute Gasteiger partial charge is 0.244 e. The van der Waals surface area contributed by atoms with Gasteiger partial charge in [-0.25, -0.2) is 0 Å². The molecule has 2 aromatic carbocycles. The lowest BCUT2D eigenvalue weighted by Crippen LogP contribution is -2.50. The summed E-state index contributed by atoms with van der Waals surface area (Å²) in [6.45, 7) is 2.41. The van der Waals surface area contributed by atoms with Crippen LogP contribution in [0.5, 0.6) is 11.5 Å². The maximum Gasteiger partial charge on any atom is 0.244 e. The van der Waals surface area contributed by atoms with Crippen LogP contribution < -0.4 is 19.7 Å². The molecule has 2 aromatic rings. The Bertz CT molecular complexity index is 884. The maximum absolute atomic E-state index is 13.1. The van der Waals surface area contributed by atoms with Gasteiger partial charge in [-0.2, -0.15) is 0 Å². The zero-order valence-corrected chi connectivity index (χ0v) is 16.6. The van der Waals surface area contributed by atoms with Crippen molar-refractivity contribution in [3.63, 3.8) is 0 Å². The molecule has 7 nitrogen and oxygen atoms in total.